The van der Waals surface area contributed by atoms with Gasteiger partial charge in [0.2, 0.25) is 0 Å². The number of rotatable bonds is 3. The highest BCUT2D eigenvalue weighted by Crippen LogP contribution is 2.48. The third kappa shape index (κ3) is 3.09. The van der Waals surface area contributed by atoms with Crippen molar-refractivity contribution in [2.24, 2.45) is 0 Å². The minimum absolute atomic E-state index is 0.122. The standard InChI is InChI=1S/C28H13F6OP/c29-18-10-22(33)25(12-20(18)31)36(35,26-13-21(32)19(30)11-23(26)34)24-9-7-16-5-4-14-2-1-3-15-6-8-17(24)28(16)27(14)15/h1-13H. The molecule has 0 aliphatic carbocycles. The van der Waals surface area contributed by atoms with Gasteiger partial charge in [-0.3, -0.25) is 0 Å². The van der Waals surface area contributed by atoms with Gasteiger partial charge in [0.05, 0.1) is 10.6 Å². The molecule has 8 heteroatoms. The fourth-order valence-corrected chi connectivity index (χ4v) is 7.80. The fourth-order valence-electron chi connectivity index (χ4n) is 4.89. The first kappa shape index (κ1) is 22.6. The summed E-state index contributed by atoms with van der Waals surface area (Å²) in [5.41, 5.74) is 0. The lowest BCUT2D eigenvalue weighted by atomic mass is 9.94. The maximum atomic E-state index is 15.1. The summed E-state index contributed by atoms with van der Waals surface area (Å²) in [7, 11) is -4.77. The van der Waals surface area contributed by atoms with E-state index in [1.165, 1.54) is 6.07 Å². The van der Waals surface area contributed by atoms with E-state index in [2.05, 4.69) is 0 Å². The van der Waals surface area contributed by atoms with Gasteiger partial charge in [0.25, 0.3) is 0 Å². The molecule has 0 aromatic heterocycles. The van der Waals surface area contributed by atoms with E-state index in [1.807, 2.05) is 30.3 Å². The maximum Gasteiger partial charge on any atom is 0.177 e. The lowest BCUT2D eigenvalue weighted by Gasteiger charge is -2.24. The summed E-state index contributed by atoms with van der Waals surface area (Å²) in [5.74, 6) is -8.94. The van der Waals surface area contributed by atoms with Crippen LogP contribution in [0.3, 0.4) is 0 Å². The summed E-state index contributed by atoms with van der Waals surface area (Å²) in [5, 5.41) is 2.37. The average molecular weight is 510 g/mol. The van der Waals surface area contributed by atoms with Gasteiger partial charge in [-0.25, -0.2) is 26.3 Å². The Balaban J connectivity index is 1.81. The molecule has 0 N–H and O–H groups in total. The normalized spacial score (nSPS) is 12.3. The molecule has 0 saturated heterocycles. The van der Waals surface area contributed by atoms with Crippen LogP contribution in [-0.4, -0.2) is 0 Å². The summed E-state index contributed by atoms with van der Waals surface area (Å²) >= 11 is 0. The van der Waals surface area contributed by atoms with Crippen LogP contribution in [0.25, 0.3) is 32.3 Å². The smallest absolute Gasteiger partial charge is 0.177 e. The van der Waals surface area contributed by atoms with Crippen molar-refractivity contribution in [1.29, 1.82) is 0 Å². The largest absolute Gasteiger partial charge is 0.308 e. The highest BCUT2D eigenvalue weighted by molar-refractivity contribution is 7.85. The molecular formula is C28H13F6OP. The number of hydrogen-bond donors (Lipinski definition) is 0. The first-order valence-electron chi connectivity index (χ1n) is 10.8. The predicted molar refractivity (Wildman–Crippen MR) is 129 cm³/mol. The molecule has 0 saturated carbocycles. The Bertz CT molecular complexity index is 1820. The molecule has 0 aliphatic heterocycles. The molecule has 178 valence electrons. The molecule has 0 heterocycles. The third-order valence-corrected chi connectivity index (χ3v) is 9.61. The van der Waals surface area contributed by atoms with Crippen LogP contribution >= 0.6 is 7.14 Å². The second kappa shape index (κ2) is 7.84. The molecule has 0 aliphatic rings. The Kier molecular flexibility index (Phi) is 4.92. The van der Waals surface area contributed by atoms with Crippen LogP contribution in [0, 0.1) is 34.9 Å². The van der Waals surface area contributed by atoms with Crippen molar-refractivity contribution in [2.75, 3.05) is 0 Å². The molecule has 0 amide bonds. The zero-order valence-electron chi connectivity index (χ0n) is 18.1. The van der Waals surface area contributed by atoms with E-state index < -0.39 is 52.7 Å². The molecule has 36 heavy (non-hydrogen) atoms. The molecule has 0 bridgehead atoms. The number of halogens is 6. The van der Waals surface area contributed by atoms with Crippen LogP contribution < -0.4 is 15.9 Å². The van der Waals surface area contributed by atoms with Crippen LogP contribution in [0.5, 0.6) is 0 Å². The summed E-state index contributed by atoms with van der Waals surface area (Å²) in [6, 6.07) is 16.8. The fraction of sp³-hybridized carbons (Fsp3) is 0. The topological polar surface area (TPSA) is 17.1 Å². The lowest BCUT2D eigenvalue weighted by molar-refractivity contribution is 0.496. The molecule has 0 atom stereocenters. The highest BCUT2D eigenvalue weighted by Gasteiger charge is 2.38. The Morgan fingerprint density at radius 3 is 1.44 bits per heavy atom. The van der Waals surface area contributed by atoms with E-state index in [9.17, 15) is 22.1 Å². The second-order valence-corrected chi connectivity index (χ2v) is 11.1. The van der Waals surface area contributed by atoms with Gasteiger partial charge in [0, 0.05) is 17.4 Å². The van der Waals surface area contributed by atoms with Crippen LogP contribution in [-0.2, 0) is 4.57 Å². The van der Waals surface area contributed by atoms with Crippen molar-refractivity contribution in [3.05, 3.63) is 114 Å². The number of hydrogen-bond acceptors (Lipinski definition) is 1. The molecule has 6 rings (SSSR count). The van der Waals surface area contributed by atoms with Crippen LogP contribution in [0.15, 0.2) is 78.9 Å². The molecule has 0 unspecified atom stereocenters. The van der Waals surface area contributed by atoms with Gasteiger partial charge < -0.3 is 4.57 Å². The molecular weight excluding hydrogens is 497 g/mol. The Labute approximate surface area is 200 Å². The van der Waals surface area contributed by atoms with Gasteiger partial charge in [-0.05, 0) is 50.5 Å². The summed E-state index contributed by atoms with van der Waals surface area (Å²) in [6.45, 7) is 0. The van der Waals surface area contributed by atoms with Gasteiger partial charge >= 0.3 is 0 Å². The quantitative estimate of drug-likeness (QED) is 0.108. The molecule has 6 aromatic rings. The highest BCUT2D eigenvalue weighted by atomic mass is 31.2. The average Bonchev–Trinajstić information content (AvgIpc) is 2.86. The van der Waals surface area contributed by atoms with Crippen LogP contribution in [0.4, 0.5) is 26.3 Å². The van der Waals surface area contributed by atoms with E-state index in [-0.39, 0.29) is 17.4 Å². The predicted octanol–water partition coefficient (Wildman–Crippen LogP) is 7.06. The molecule has 6 aromatic carbocycles. The summed E-state index contributed by atoms with van der Waals surface area (Å²) in [6.07, 6.45) is 0. The number of benzene rings is 6. The second-order valence-electron chi connectivity index (χ2n) is 8.49. The third-order valence-electron chi connectivity index (χ3n) is 6.50. The minimum Gasteiger partial charge on any atom is -0.308 e. The SMILES string of the molecule is O=P(c1cc(F)c(F)cc1F)(c1cc(F)c(F)cc1F)c1ccc2ccc3cccc4ccc1c2c34. The zero-order valence-corrected chi connectivity index (χ0v) is 19.0. The zero-order chi connectivity index (χ0) is 25.4. The van der Waals surface area contributed by atoms with E-state index in [0.29, 0.717) is 22.9 Å². The van der Waals surface area contributed by atoms with E-state index >= 15 is 8.78 Å². The van der Waals surface area contributed by atoms with Crippen molar-refractivity contribution < 1.29 is 30.9 Å². The van der Waals surface area contributed by atoms with E-state index in [0.717, 1.165) is 21.5 Å². The van der Waals surface area contributed by atoms with Gasteiger partial charge in [-0.1, -0.05) is 48.5 Å². The molecule has 0 fully saturated rings. The van der Waals surface area contributed by atoms with Gasteiger partial charge in [0.15, 0.2) is 30.4 Å². The summed E-state index contributed by atoms with van der Waals surface area (Å²) < 4.78 is 101. The molecule has 1 nitrogen and oxygen atoms in total. The molecule has 0 spiro atoms. The van der Waals surface area contributed by atoms with Crippen molar-refractivity contribution in [3.63, 3.8) is 0 Å². The lowest BCUT2D eigenvalue weighted by Crippen LogP contribution is -2.30. The minimum atomic E-state index is -4.77. The van der Waals surface area contributed by atoms with Crippen LogP contribution in [0.2, 0.25) is 0 Å². The van der Waals surface area contributed by atoms with Crippen molar-refractivity contribution in [1.82, 2.24) is 0 Å². The first-order chi connectivity index (χ1) is 17.2. The summed E-state index contributed by atoms with van der Waals surface area (Å²) in [4.78, 5) is 0. The van der Waals surface area contributed by atoms with Crippen LogP contribution in [0.1, 0.15) is 0 Å². The monoisotopic (exact) mass is 510 g/mol. The van der Waals surface area contributed by atoms with Crippen molar-refractivity contribution in [2.45, 2.75) is 0 Å². The van der Waals surface area contributed by atoms with Gasteiger partial charge in [-0.15, -0.1) is 0 Å². The Morgan fingerprint density at radius 1 is 0.444 bits per heavy atom. The van der Waals surface area contributed by atoms with Crippen molar-refractivity contribution >= 4 is 55.4 Å². The van der Waals surface area contributed by atoms with E-state index in [4.69, 9.17) is 0 Å². The van der Waals surface area contributed by atoms with Crippen molar-refractivity contribution in [3.8, 4) is 0 Å². The van der Waals surface area contributed by atoms with Gasteiger partial charge in [-0.2, -0.15) is 0 Å². The Hall–Kier alpha value is -3.83. The first-order valence-corrected chi connectivity index (χ1v) is 12.5. The van der Waals surface area contributed by atoms with E-state index in [1.54, 1.807) is 18.2 Å². The molecule has 0 radical (unpaired) electrons. The Morgan fingerprint density at radius 2 is 0.889 bits per heavy atom. The van der Waals surface area contributed by atoms with Gasteiger partial charge in [0.1, 0.15) is 11.6 Å². The maximum absolute atomic E-state index is 15.1.